The molecule has 2 heterocycles. The number of carbonyl (C=O) groups excluding carboxylic acids is 4. The highest BCUT2D eigenvalue weighted by atomic mass is 16.2. The van der Waals surface area contributed by atoms with E-state index in [2.05, 4.69) is 10.2 Å². The SMILES string of the molecule is CC(=O)c1ccc(NC(=O)CN2C(=O)[C@H]3CCCCN3c3ccc(C(=O)N(C)C)cc32)cc1. The van der Waals surface area contributed by atoms with Crippen molar-refractivity contribution in [1.29, 1.82) is 0 Å². The van der Waals surface area contributed by atoms with Gasteiger partial charge in [-0.15, -0.1) is 0 Å². The molecule has 0 spiro atoms. The molecule has 0 aromatic heterocycles. The molecule has 8 heteroatoms. The van der Waals surface area contributed by atoms with E-state index in [4.69, 9.17) is 0 Å². The number of hydrogen-bond donors (Lipinski definition) is 1. The molecule has 0 radical (unpaired) electrons. The van der Waals surface area contributed by atoms with E-state index >= 15 is 0 Å². The van der Waals surface area contributed by atoms with Crippen molar-refractivity contribution in [2.24, 2.45) is 0 Å². The summed E-state index contributed by atoms with van der Waals surface area (Å²) in [6.45, 7) is 2.09. The third kappa shape index (κ3) is 4.46. The molecule has 2 aromatic rings. The minimum absolute atomic E-state index is 0.0523. The normalized spacial score (nSPS) is 17.2. The van der Waals surface area contributed by atoms with Crippen LogP contribution in [-0.4, -0.2) is 61.6 Å². The number of ketones is 1. The predicted molar refractivity (Wildman–Crippen MR) is 127 cm³/mol. The Labute approximate surface area is 193 Å². The average molecular weight is 449 g/mol. The summed E-state index contributed by atoms with van der Waals surface area (Å²) in [5.74, 6) is -0.693. The number of nitrogens with zero attached hydrogens (tertiary/aromatic N) is 3. The van der Waals surface area contributed by atoms with Gasteiger partial charge >= 0.3 is 0 Å². The summed E-state index contributed by atoms with van der Waals surface area (Å²) in [5, 5.41) is 2.80. The Hall–Kier alpha value is -3.68. The first-order valence-electron chi connectivity index (χ1n) is 11.1. The second-order valence-electron chi connectivity index (χ2n) is 8.71. The van der Waals surface area contributed by atoms with Gasteiger partial charge in [0.15, 0.2) is 5.78 Å². The molecule has 1 saturated heterocycles. The van der Waals surface area contributed by atoms with Crippen LogP contribution in [-0.2, 0) is 9.59 Å². The standard InChI is InChI=1S/C25H28N4O4/c1-16(30)17-7-10-19(11-8-17)26-23(31)15-29-22-14-18(24(32)27(2)3)9-12-20(22)28-13-5-4-6-21(28)25(29)33/h7-12,14,21H,4-6,13,15H2,1-3H3,(H,26,31)/t21-/m1/s1. The molecule has 0 unspecified atom stereocenters. The van der Waals surface area contributed by atoms with E-state index < -0.39 is 0 Å². The predicted octanol–water partition coefficient (Wildman–Crippen LogP) is 2.94. The number of amides is 3. The molecule has 33 heavy (non-hydrogen) atoms. The Morgan fingerprint density at radius 1 is 1.00 bits per heavy atom. The fraction of sp³-hybridized carbons (Fsp3) is 0.360. The van der Waals surface area contributed by atoms with E-state index in [9.17, 15) is 19.2 Å². The van der Waals surface area contributed by atoms with Crippen LogP contribution in [0, 0.1) is 0 Å². The van der Waals surface area contributed by atoms with Gasteiger partial charge in [0, 0.05) is 37.5 Å². The van der Waals surface area contributed by atoms with Crippen molar-refractivity contribution >= 4 is 40.6 Å². The first kappa shape index (κ1) is 22.5. The summed E-state index contributed by atoms with van der Waals surface area (Å²) in [7, 11) is 3.35. The van der Waals surface area contributed by atoms with Crippen LogP contribution < -0.4 is 15.1 Å². The third-order valence-electron chi connectivity index (χ3n) is 6.16. The van der Waals surface area contributed by atoms with Crippen molar-refractivity contribution in [2.75, 3.05) is 42.3 Å². The lowest BCUT2D eigenvalue weighted by molar-refractivity contribution is -0.123. The fourth-order valence-corrected chi connectivity index (χ4v) is 4.44. The van der Waals surface area contributed by atoms with Crippen molar-refractivity contribution in [3.8, 4) is 0 Å². The molecule has 2 aliphatic heterocycles. The lowest BCUT2D eigenvalue weighted by atomic mass is 9.95. The topological polar surface area (TPSA) is 90.0 Å². The molecular weight excluding hydrogens is 420 g/mol. The van der Waals surface area contributed by atoms with Gasteiger partial charge in [0.25, 0.3) is 5.91 Å². The molecule has 3 amide bonds. The lowest BCUT2D eigenvalue weighted by Gasteiger charge is -2.45. The number of benzene rings is 2. The monoisotopic (exact) mass is 448 g/mol. The Morgan fingerprint density at radius 2 is 1.70 bits per heavy atom. The average Bonchev–Trinajstić information content (AvgIpc) is 2.81. The van der Waals surface area contributed by atoms with Gasteiger partial charge in [-0.25, -0.2) is 0 Å². The zero-order valence-electron chi connectivity index (χ0n) is 19.1. The van der Waals surface area contributed by atoms with Gasteiger partial charge < -0.3 is 15.1 Å². The van der Waals surface area contributed by atoms with Crippen LogP contribution in [0.1, 0.15) is 46.9 Å². The summed E-state index contributed by atoms with van der Waals surface area (Å²) in [5.41, 5.74) is 3.02. The summed E-state index contributed by atoms with van der Waals surface area (Å²) in [4.78, 5) is 55.4. The van der Waals surface area contributed by atoms with Crippen LogP contribution in [0.15, 0.2) is 42.5 Å². The van der Waals surface area contributed by atoms with Crippen LogP contribution in [0.2, 0.25) is 0 Å². The summed E-state index contributed by atoms with van der Waals surface area (Å²) in [6, 6.07) is 11.7. The van der Waals surface area contributed by atoms with Gasteiger partial charge in [-0.1, -0.05) is 0 Å². The van der Waals surface area contributed by atoms with Gasteiger partial charge in [0.2, 0.25) is 11.8 Å². The van der Waals surface area contributed by atoms with Crippen molar-refractivity contribution in [1.82, 2.24) is 4.90 Å². The van der Waals surface area contributed by atoms with Crippen molar-refractivity contribution < 1.29 is 19.2 Å². The molecule has 2 aliphatic rings. The Bertz CT molecular complexity index is 1110. The second-order valence-corrected chi connectivity index (χ2v) is 8.71. The van der Waals surface area contributed by atoms with E-state index in [1.807, 2.05) is 6.07 Å². The maximum Gasteiger partial charge on any atom is 0.253 e. The fourth-order valence-electron chi connectivity index (χ4n) is 4.44. The smallest absolute Gasteiger partial charge is 0.253 e. The number of rotatable bonds is 5. The van der Waals surface area contributed by atoms with E-state index in [1.54, 1.807) is 50.5 Å². The number of piperidine rings is 1. The Morgan fingerprint density at radius 3 is 2.36 bits per heavy atom. The maximum absolute atomic E-state index is 13.4. The minimum Gasteiger partial charge on any atom is -0.358 e. The minimum atomic E-state index is -0.349. The van der Waals surface area contributed by atoms with Gasteiger partial charge in [0.1, 0.15) is 12.6 Å². The number of hydrogen-bond acceptors (Lipinski definition) is 5. The zero-order valence-corrected chi connectivity index (χ0v) is 19.1. The molecule has 1 fully saturated rings. The highest BCUT2D eigenvalue weighted by Crippen LogP contribution is 2.40. The van der Waals surface area contributed by atoms with Crippen LogP contribution in [0.3, 0.4) is 0 Å². The number of carbonyl (C=O) groups is 4. The number of nitrogens with one attached hydrogen (secondary N) is 1. The number of Topliss-reactive ketones (excluding diaryl/α,β-unsaturated/α-hetero) is 1. The Kier molecular flexibility index (Phi) is 6.18. The third-order valence-corrected chi connectivity index (χ3v) is 6.16. The van der Waals surface area contributed by atoms with Crippen LogP contribution >= 0.6 is 0 Å². The molecule has 2 aromatic carbocycles. The first-order valence-corrected chi connectivity index (χ1v) is 11.1. The maximum atomic E-state index is 13.4. The zero-order chi connectivity index (χ0) is 23.7. The van der Waals surface area contributed by atoms with Crippen molar-refractivity contribution in [2.45, 2.75) is 32.2 Å². The van der Waals surface area contributed by atoms with E-state index in [1.165, 1.54) is 16.7 Å². The van der Waals surface area contributed by atoms with E-state index in [0.717, 1.165) is 31.5 Å². The highest BCUT2D eigenvalue weighted by molar-refractivity contribution is 6.11. The summed E-state index contributed by atoms with van der Waals surface area (Å²) < 4.78 is 0. The van der Waals surface area contributed by atoms with E-state index in [-0.39, 0.29) is 36.1 Å². The number of fused-ring (bicyclic) bond motifs is 3. The molecule has 4 rings (SSSR count). The van der Waals surface area contributed by atoms with E-state index in [0.29, 0.717) is 22.5 Å². The highest BCUT2D eigenvalue weighted by Gasteiger charge is 2.40. The summed E-state index contributed by atoms with van der Waals surface area (Å²) >= 11 is 0. The molecule has 0 bridgehead atoms. The lowest BCUT2D eigenvalue weighted by Crippen LogP contribution is -2.56. The molecule has 1 atom stereocenters. The Balaban J connectivity index is 1.62. The van der Waals surface area contributed by atoms with Crippen molar-refractivity contribution in [3.63, 3.8) is 0 Å². The first-order chi connectivity index (χ1) is 15.8. The largest absolute Gasteiger partial charge is 0.358 e. The molecular formula is C25H28N4O4. The van der Waals surface area contributed by atoms with Crippen LogP contribution in [0.25, 0.3) is 0 Å². The van der Waals surface area contributed by atoms with Crippen LogP contribution in [0.5, 0.6) is 0 Å². The molecule has 172 valence electrons. The van der Waals surface area contributed by atoms with Gasteiger partial charge in [-0.05, 0) is 68.7 Å². The quantitative estimate of drug-likeness (QED) is 0.711. The van der Waals surface area contributed by atoms with Gasteiger partial charge in [-0.2, -0.15) is 0 Å². The number of anilines is 3. The molecule has 0 saturated carbocycles. The van der Waals surface area contributed by atoms with Crippen LogP contribution in [0.4, 0.5) is 17.1 Å². The second kappa shape index (κ2) is 9.05. The van der Waals surface area contributed by atoms with Gasteiger partial charge in [0.05, 0.1) is 11.4 Å². The van der Waals surface area contributed by atoms with Crippen molar-refractivity contribution in [3.05, 3.63) is 53.6 Å². The molecule has 1 N–H and O–H groups in total. The molecule has 8 nitrogen and oxygen atoms in total. The summed E-state index contributed by atoms with van der Waals surface area (Å²) in [6.07, 6.45) is 2.70. The van der Waals surface area contributed by atoms with Gasteiger partial charge in [-0.3, -0.25) is 24.1 Å². The molecule has 0 aliphatic carbocycles.